The number of furan rings is 1. The summed E-state index contributed by atoms with van der Waals surface area (Å²) in [5, 5.41) is 9.18. The molecule has 6 nitrogen and oxygen atoms in total. The van der Waals surface area contributed by atoms with Gasteiger partial charge in [0.15, 0.2) is 5.96 Å². The lowest BCUT2D eigenvalue weighted by Crippen LogP contribution is -2.42. The van der Waals surface area contributed by atoms with Crippen molar-refractivity contribution >= 4 is 11.9 Å². The molecule has 144 valence electrons. The van der Waals surface area contributed by atoms with Crippen LogP contribution in [0.5, 0.6) is 0 Å². The third-order valence-corrected chi connectivity index (χ3v) is 4.65. The number of guanidine groups is 1. The predicted molar refractivity (Wildman–Crippen MR) is 102 cm³/mol. The number of benzene rings is 1. The van der Waals surface area contributed by atoms with Gasteiger partial charge < -0.3 is 20.4 Å². The topological polar surface area (TPSA) is 78.7 Å². The van der Waals surface area contributed by atoms with Crippen LogP contribution in [-0.2, 0) is 16.8 Å². The van der Waals surface area contributed by atoms with E-state index in [9.17, 15) is 9.18 Å². The summed E-state index contributed by atoms with van der Waals surface area (Å²) >= 11 is 0. The quantitative estimate of drug-likeness (QED) is 0.491. The van der Waals surface area contributed by atoms with Gasteiger partial charge in [-0.3, -0.25) is 4.79 Å². The van der Waals surface area contributed by atoms with E-state index in [4.69, 9.17) is 4.42 Å². The smallest absolute Gasteiger partial charge is 0.242 e. The Bertz CT molecular complexity index is 785. The number of amides is 1. The van der Waals surface area contributed by atoms with Crippen LogP contribution in [0.4, 0.5) is 4.39 Å². The minimum Gasteiger partial charge on any atom is -0.467 e. The molecule has 3 N–H and O–H groups in total. The number of hydrogen-bond acceptors (Lipinski definition) is 3. The Hall–Kier alpha value is -2.83. The standard InChI is InChI=1S/C20H25FN4O2/c1-2-22-19(24-13-18(26)23-12-17-7-4-10-27-17)25-14-20(8-9-20)15-5-3-6-16(21)11-15/h3-7,10-11H,2,8-9,12-14H2,1H3,(H,23,26)(H2,22,24,25). The Morgan fingerprint density at radius 2 is 2.07 bits per heavy atom. The minimum atomic E-state index is -0.215. The second kappa shape index (κ2) is 8.70. The van der Waals surface area contributed by atoms with E-state index in [2.05, 4.69) is 20.9 Å². The van der Waals surface area contributed by atoms with Crippen molar-refractivity contribution in [2.24, 2.45) is 4.99 Å². The van der Waals surface area contributed by atoms with Crippen molar-refractivity contribution in [2.75, 3.05) is 19.6 Å². The fourth-order valence-corrected chi connectivity index (χ4v) is 2.94. The van der Waals surface area contributed by atoms with E-state index in [1.807, 2.05) is 13.0 Å². The van der Waals surface area contributed by atoms with Gasteiger partial charge in [0, 0.05) is 18.5 Å². The van der Waals surface area contributed by atoms with Gasteiger partial charge in [-0.25, -0.2) is 9.38 Å². The molecule has 0 bridgehead atoms. The van der Waals surface area contributed by atoms with Crippen molar-refractivity contribution in [3.8, 4) is 0 Å². The second-order valence-electron chi connectivity index (χ2n) is 6.70. The van der Waals surface area contributed by atoms with Gasteiger partial charge in [-0.1, -0.05) is 12.1 Å². The monoisotopic (exact) mass is 372 g/mol. The molecule has 0 aliphatic heterocycles. The molecule has 0 unspecified atom stereocenters. The lowest BCUT2D eigenvalue weighted by molar-refractivity contribution is -0.119. The van der Waals surface area contributed by atoms with E-state index in [1.165, 1.54) is 6.07 Å². The van der Waals surface area contributed by atoms with Crippen LogP contribution in [0.3, 0.4) is 0 Å². The third kappa shape index (κ3) is 5.32. The van der Waals surface area contributed by atoms with E-state index in [1.54, 1.807) is 30.5 Å². The van der Waals surface area contributed by atoms with Gasteiger partial charge in [-0.2, -0.15) is 0 Å². The highest BCUT2D eigenvalue weighted by Gasteiger charge is 2.44. The highest BCUT2D eigenvalue weighted by atomic mass is 19.1. The van der Waals surface area contributed by atoms with Crippen molar-refractivity contribution in [2.45, 2.75) is 31.7 Å². The van der Waals surface area contributed by atoms with E-state index in [0.29, 0.717) is 31.4 Å². The summed E-state index contributed by atoms with van der Waals surface area (Å²) in [4.78, 5) is 16.3. The van der Waals surface area contributed by atoms with Crippen molar-refractivity contribution in [3.05, 3.63) is 59.8 Å². The fourth-order valence-electron chi connectivity index (χ4n) is 2.94. The number of hydrogen-bond donors (Lipinski definition) is 3. The number of nitrogens with one attached hydrogen (secondary N) is 3. The molecule has 0 radical (unpaired) electrons. The Morgan fingerprint density at radius 1 is 1.22 bits per heavy atom. The molecule has 1 fully saturated rings. The van der Waals surface area contributed by atoms with Crippen LogP contribution in [0.25, 0.3) is 0 Å². The van der Waals surface area contributed by atoms with Crippen LogP contribution in [0.2, 0.25) is 0 Å². The second-order valence-corrected chi connectivity index (χ2v) is 6.70. The number of aliphatic imine (C=N–C) groups is 1. The molecule has 27 heavy (non-hydrogen) atoms. The number of nitrogens with zero attached hydrogens (tertiary/aromatic N) is 1. The Balaban J connectivity index is 1.52. The van der Waals surface area contributed by atoms with Crippen molar-refractivity contribution in [3.63, 3.8) is 0 Å². The molecular weight excluding hydrogens is 347 g/mol. The summed E-state index contributed by atoms with van der Waals surface area (Å²) in [5.74, 6) is 0.874. The highest BCUT2D eigenvalue weighted by Crippen LogP contribution is 2.47. The van der Waals surface area contributed by atoms with Crippen molar-refractivity contribution in [1.82, 2.24) is 16.0 Å². The Kier molecular flexibility index (Phi) is 6.11. The zero-order valence-electron chi connectivity index (χ0n) is 15.4. The molecule has 1 aromatic carbocycles. The van der Waals surface area contributed by atoms with Gasteiger partial charge >= 0.3 is 0 Å². The van der Waals surface area contributed by atoms with Gasteiger partial charge in [0.1, 0.15) is 18.1 Å². The number of carbonyl (C=O) groups is 1. The van der Waals surface area contributed by atoms with E-state index < -0.39 is 0 Å². The van der Waals surface area contributed by atoms with Crippen molar-refractivity contribution < 1.29 is 13.6 Å². The maximum absolute atomic E-state index is 13.5. The molecule has 7 heteroatoms. The average molecular weight is 372 g/mol. The molecule has 0 atom stereocenters. The van der Waals surface area contributed by atoms with Crippen LogP contribution in [0, 0.1) is 5.82 Å². The molecule has 0 spiro atoms. The summed E-state index contributed by atoms with van der Waals surface area (Å²) < 4.78 is 18.7. The molecule has 1 aliphatic rings. The van der Waals surface area contributed by atoms with Crippen LogP contribution in [0.15, 0.2) is 52.1 Å². The molecule has 1 saturated carbocycles. The van der Waals surface area contributed by atoms with E-state index in [0.717, 1.165) is 18.4 Å². The molecule has 1 amide bonds. The van der Waals surface area contributed by atoms with Gasteiger partial charge in [0.2, 0.25) is 5.91 Å². The largest absolute Gasteiger partial charge is 0.467 e. The lowest BCUT2D eigenvalue weighted by Gasteiger charge is -2.19. The molecule has 2 aromatic rings. The van der Waals surface area contributed by atoms with Crippen LogP contribution < -0.4 is 16.0 Å². The summed E-state index contributed by atoms with van der Waals surface area (Å²) in [6.45, 7) is 3.66. The predicted octanol–water partition coefficient (Wildman–Crippen LogP) is 2.32. The van der Waals surface area contributed by atoms with Crippen LogP contribution in [0.1, 0.15) is 31.1 Å². The molecule has 0 saturated heterocycles. The molecule has 1 aliphatic carbocycles. The fraction of sp³-hybridized carbons (Fsp3) is 0.400. The first-order valence-corrected chi connectivity index (χ1v) is 9.19. The van der Waals surface area contributed by atoms with E-state index in [-0.39, 0.29) is 23.7 Å². The minimum absolute atomic E-state index is 0.0169. The van der Waals surface area contributed by atoms with Gasteiger partial charge in [0.25, 0.3) is 0 Å². The SMILES string of the molecule is CCNC(=NCC(=O)NCc1ccco1)NCC1(c2cccc(F)c2)CC1. The molecule has 3 rings (SSSR count). The lowest BCUT2D eigenvalue weighted by atomic mass is 9.96. The maximum atomic E-state index is 13.5. The zero-order valence-corrected chi connectivity index (χ0v) is 15.4. The Morgan fingerprint density at radius 3 is 2.74 bits per heavy atom. The molecular formula is C20H25FN4O2. The highest BCUT2D eigenvalue weighted by molar-refractivity contribution is 5.85. The zero-order chi connectivity index (χ0) is 19.1. The van der Waals surface area contributed by atoms with Crippen molar-refractivity contribution in [1.29, 1.82) is 0 Å². The normalized spacial score (nSPS) is 15.3. The maximum Gasteiger partial charge on any atom is 0.242 e. The van der Waals surface area contributed by atoms with Crippen LogP contribution >= 0.6 is 0 Å². The third-order valence-electron chi connectivity index (χ3n) is 4.65. The summed E-state index contributed by atoms with van der Waals surface area (Å²) in [6.07, 6.45) is 3.58. The average Bonchev–Trinajstić information content (AvgIpc) is 3.28. The van der Waals surface area contributed by atoms with Gasteiger partial charge in [-0.15, -0.1) is 0 Å². The van der Waals surface area contributed by atoms with Gasteiger partial charge in [0.05, 0.1) is 12.8 Å². The summed E-state index contributed by atoms with van der Waals surface area (Å²) in [7, 11) is 0. The van der Waals surface area contributed by atoms with E-state index >= 15 is 0 Å². The first kappa shape index (κ1) is 18.9. The Labute approximate surface area is 158 Å². The van der Waals surface area contributed by atoms with Crippen LogP contribution in [-0.4, -0.2) is 31.5 Å². The summed E-state index contributed by atoms with van der Waals surface area (Å²) in [5.41, 5.74) is 0.946. The first-order valence-electron chi connectivity index (χ1n) is 9.19. The number of halogens is 1. The summed E-state index contributed by atoms with van der Waals surface area (Å²) in [6, 6.07) is 10.3. The first-order chi connectivity index (χ1) is 13.1. The number of carbonyl (C=O) groups excluding carboxylic acids is 1. The molecule has 1 aromatic heterocycles. The molecule has 1 heterocycles. The number of rotatable bonds is 8. The van der Waals surface area contributed by atoms with Gasteiger partial charge in [-0.05, 0) is 49.6 Å².